The van der Waals surface area contributed by atoms with Gasteiger partial charge >= 0.3 is 0 Å². The monoisotopic (exact) mass is 339 g/mol. The first-order valence-corrected chi connectivity index (χ1v) is 9.67. The molecule has 0 unspecified atom stereocenters. The van der Waals surface area contributed by atoms with E-state index in [4.69, 9.17) is 4.42 Å². The van der Waals surface area contributed by atoms with E-state index in [9.17, 15) is 4.79 Å². The van der Waals surface area contributed by atoms with Gasteiger partial charge in [-0.1, -0.05) is 43.2 Å². The van der Waals surface area contributed by atoms with Gasteiger partial charge in [0.1, 0.15) is 5.58 Å². The molecule has 0 spiro atoms. The van der Waals surface area contributed by atoms with Crippen molar-refractivity contribution in [3.8, 4) is 0 Å². The van der Waals surface area contributed by atoms with E-state index in [-0.39, 0.29) is 5.91 Å². The third-order valence-corrected chi connectivity index (χ3v) is 6.08. The molecule has 0 saturated heterocycles. The number of carbonyl (C=O) groups is 1. The van der Waals surface area contributed by atoms with Crippen LogP contribution in [-0.2, 0) is 0 Å². The highest BCUT2D eigenvalue weighted by atomic mass is 32.2. The van der Waals surface area contributed by atoms with Gasteiger partial charge in [0.25, 0.3) is 5.91 Å². The standard InChI is InChI=1S/C20H21NO2S/c22-20(21-11-12-24-15-6-2-3-7-15)19-13-17-16-8-4-1-5-14(16)9-10-18(17)23-19/h1,4-5,8-10,13,15H,2-3,6-7,11-12H2,(H,21,22). The second kappa shape index (κ2) is 6.89. The fraction of sp³-hybridized carbons (Fsp3) is 0.350. The van der Waals surface area contributed by atoms with Crippen molar-refractivity contribution >= 4 is 39.4 Å². The molecule has 3 nitrogen and oxygen atoms in total. The zero-order valence-electron chi connectivity index (χ0n) is 13.6. The summed E-state index contributed by atoms with van der Waals surface area (Å²) in [5, 5.41) is 7.05. The summed E-state index contributed by atoms with van der Waals surface area (Å²) in [6.07, 6.45) is 5.37. The predicted molar refractivity (Wildman–Crippen MR) is 101 cm³/mol. The third-order valence-electron chi connectivity index (χ3n) is 4.69. The van der Waals surface area contributed by atoms with Crippen LogP contribution in [0.1, 0.15) is 36.2 Å². The lowest BCUT2D eigenvalue weighted by Crippen LogP contribution is -2.25. The van der Waals surface area contributed by atoms with Gasteiger partial charge in [0.05, 0.1) is 0 Å². The van der Waals surface area contributed by atoms with Crippen LogP contribution in [0.5, 0.6) is 0 Å². The number of carbonyl (C=O) groups excluding carboxylic acids is 1. The quantitative estimate of drug-likeness (QED) is 0.666. The lowest BCUT2D eigenvalue weighted by Gasteiger charge is -2.08. The number of benzene rings is 2. The molecule has 4 rings (SSSR count). The minimum atomic E-state index is -0.123. The maximum atomic E-state index is 12.3. The van der Waals surface area contributed by atoms with E-state index < -0.39 is 0 Å². The van der Waals surface area contributed by atoms with Crippen molar-refractivity contribution in [3.05, 3.63) is 48.2 Å². The summed E-state index contributed by atoms with van der Waals surface area (Å²) in [4.78, 5) is 12.3. The molecule has 1 amide bonds. The number of hydrogen-bond acceptors (Lipinski definition) is 3. The molecule has 0 aliphatic heterocycles. The Morgan fingerprint density at radius 3 is 2.83 bits per heavy atom. The number of rotatable bonds is 5. The molecule has 1 fully saturated rings. The van der Waals surface area contributed by atoms with Crippen molar-refractivity contribution in [3.63, 3.8) is 0 Å². The minimum Gasteiger partial charge on any atom is -0.451 e. The molecule has 1 aliphatic rings. The van der Waals surface area contributed by atoms with E-state index in [0.29, 0.717) is 12.3 Å². The highest BCUT2D eigenvalue weighted by Gasteiger charge is 2.16. The Morgan fingerprint density at radius 2 is 1.96 bits per heavy atom. The molecule has 1 saturated carbocycles. The molecule has 1 heterocycles. The van der Waals surface area contributed by atoms with E-state index in [1.165, 1.54) is 25.7 Å². The molecule has 1 aromatic heterocycles. The molecule has 0 bridgehead atoms. The highest BCUT2D eigenvalue weighted by molar-refractivity contribution is 7.99. The Labute approximate surface area is 145 Å². The van der Waals surface area contributed by atoms with Gasteiger partial charge in [-0.25, -0.2) is 0 Å². The van der Waals surface area contributed by atoms with E-state index in [1.54, 1.807) is 0 Å². The van der Waals surface area contributed by atoms with Gasteiger partial charge < -0.3 is 9.73 Å². The van der Waals surface area contributed by atoms with Crippen LogP contribution in [0.2, 0.25) is 0 Å². The van der Waals surface area contributed by atoms with Crippen LogP contribution in [0.25, 0.3) is 21.7 Å². The zero-order valence-corrected chi connectivity index (χ0v) is 14.4. The molecule has 0 radical (unpaired) electrons. The third kappa shape index (κ3) is 3.16. The highest BCUT2D eigenvalue weighted by Crippen LogP contribution is 2.29. The first-order chi connectivity index (χ1) is 11.8. The average Bonchev–Trinajstić information content (AvgIpc) is 3.28. The summed E-state index contributed by atoms with van der Waals surface area (Å²) < 4.78 is 5.75. The normalized spacial score (nSPS) is 15.3. The maximum Gasteiger partial charge on any atom is 0.287 e. The largest absolute Gasteiger partial charge is 0.451 e. The van der Waals surface area contributed by atoms with Gasteiger partial charge in [0.2, 0.25) is 0 Å². The molecule has 124 valence electrons. The summed E-state index contributed by atoms with van der Waals surface area (Å²) in [6, 6.07) is 14.0. The van der Waals surface area contributed by atoms with Gasteiger partial charge in [0, 0.05) is 22.9 Å². The average molecular weight is 339 g/mol. The molecular weight excluding hydrogens is 318 g/mol. The number of hydrogen-bond donors (Lipinski definition) is 1. The summed E-state index contributed by atoms with van der Waals surface area (Å²) >= 11 is 1.98. The van der Waals surface area contributed by atoms with Gasteiger partial charge in [-0.15, -0.1) is 0 Å². The number of fused-ring (bicyclic) bond motifs is 3. The summed E-state index contributed by atoms with van der Waals surface area (Å²) in [5.74, 6) is 1.24. The number of nitrogens with one attached hydrogen (secondary N) is 1. The Balaban J connectivity index is 1.43. The van der Waals surface area contributed by atoms with Crippen LogP contribution in [0.3, 0.4) is 0 Å². The lowest BCUT2D eigenvalue weighted by molar-refractivity contribution is 0.0930. The molecule has 3 aromatic rings. The Morgan fingerprint density at radius 1 is 1.12 bits per heavy atom. The van der Waals surface area contributed by atoms with E-state index in [2.05, 4.69) is 17.4 Å². The Hall–Kier alpha value is -1.94. The van der Waals surface area contributed by atoms with Crippen LogP contribution < -0.4 is 5.32 Å². The SMILES string of the molecule is O=C(NCCSC1CCCC1)c1cc2c(ccc3ccccc32)o1. The molecular formula is C20H21NO2S. The molecule has 4 heteroatoms. The van der Waals surface area contributed by atoms with Crippen LogP contribution >= 0.6 is 11.8 Å². The van der Waals surface area contributed by atoms with Gasteiger partial charge in [0.15, 0.2) is 5.76 Å². The van der Waals surface area contributed by atoms with Crippen molar-refractivity contribution in [1.82, 2.24) is 5.32 Å². The lowest BCUT2D eigenvalue weighted by atomic mass is 10.1. The van der Waals surface area contributed by atoms with E-state index in [0.717, 1.165) is 32.7 Å². The fourth-order valence-electron chi connectivity index (χ4n) is 3.44. The van der Waals surface area contributed by atoms with Crippen LogP contribution in [0.4, 0.5) is 0 Å². The first kappa shape index (κ1) is 15.6. The van der Waals surface area contributed by atoms with E-state index in [1.807, 2.05) is 42.1 Å². The summed E-state index contributed by atoms with van der Waals surface area (Å²) in [7, 11) is 0. The number of furan rings is 1. The Kier molecular flexibility index (Phi) is 4.48. The fourth-order valence-corrected chi connectivity index (χ4v) is 4.66. The predicted octanol–water partition coefficient (Wildman–Crippen LogP) is 4.99. The van der Waals surface area contributed by atoms with Gasteiger partial charge in [-0.05, 0) is 35.7 Å². The maximum absolute atomic E-state index is 12.3. The van der Waals surface area contributed by atoms with E-state index >= 15 is 0 Å². The topological polar surface area (TPSA) is 42.2 Å². The zero-order chi connectivity index (χ0) is 16.4. The molecule has 2 aromatic carbocycles. The molecule has 24 heavy (non-hydrogen) atoms. The second-order valence-corrected chi connectivity index (χ2v) is 7.75. The second-order valence-electron chi connectivity index (χ2n) is 6.34. The van der Waals surface area contributed by atoms with Crippen molar-refractivity contribution in [2.45, 2.75) is 30.9 Å². The van der Waals surface area contributed by atoms with Crippen LogP contribution in [0, 0.1) is 0 Å². The number of thioether (sulfide) groups is 1. The van der Waals surface area contributed by atoms with Crippen LogP contribution in [0.15, 0.2) is 46.9 Å². The van der Waals surface area contributed by atoms with Crippen molar-refractivity contribution in [2.24, 2.45) is 0 Å². The van der Waals surface area contributed by atoms with Gasteiger partial charge in [-0.3, -0.25) is 4.79 Å². The molecule has 0 atom stereocenters. The molecule has 1 N–H and O–H groups in total. The minimum absolute atomic E-state index is 0.123. The Bertz CT molecular complexity index is 864. The number of amides is 1. The van der Waals surface area contributed by atoms with Gasteiger partial charge in [-0.2, -0.15) is 11.8 Å². The van der Waals surface area contributed by atoms with Crippen LogP contribution in [-0.4, -0.2) is 23.5 Å². The summed E-state index contributed by atoms with van der Waals surface area (Å²) in [5.41, 5.74) is 0.763. The molecule has 1 aliphatic carbocycles. The summed E-state index contributed by atoms with van der Waals surface area (Å²) in [6.45, 7) is 0.692. The van der Waals surface area contributed by atoms with Crippen molar-refractivity contribution in [2.75, 3.05) is 12.3 Å². The van der Waals surface area contributed by atoms with Crippen molar-refractivity contribution in [1.29, 1.82) is 0 Å². The van der Waals surface area contributed by atoms with Crippen molar-refractivity contribution < 1.29 is 9.21 Å². The smallest absolute Gasteiger partial charge is 0.287 e. The first-order valence-electron chi connectivity index (χ1n) is 8.62.